The molecule has 0 unspecified atom stereocenters. The molecule has 0 atom stereocenters. The molecule has 0 amide bonds. The zero-order chi connectivity index (χ0) is 7.15. The van der Waals surface area contributed by atoms with E-state index in [4.69, 9.17) is 28.0 Å². The molecule has 0 aromatic carbocycles. The van der Waals surface area contributed by atoms with E-state index in [0.717, 1.165) is 0 Å². The Balaban J connectivity index is -0.0000000720. The minimum absolute atomic E-state index is 0. The maximum Gasteiger partial charge on any atom is 0.282 e. The van der Waals surface area contributed by atoms with Crippen LogP contribution in [0.15, 0.2) is 0 Å². The van der Waals surface area contributed by atoms with E-state index in [-0.39, 0.29) is 17.1 Å². The second-order valence-corrected chi connectivity index (χ2v) is 1.21. The van der Waals surface area contributed by atoms with Crippen molar-refractivity contribution < 1.29 is 66.6 Å². The second-order valence-electron chi connectivity index (χ2n) is 0.402. The summed E-state index contributed by atoms with van der Waals surface area (Å²) >= 11 is 0. The van der Waals surface area contributed by atoms with Gasteiger partial charge in [0.2, 0.25) is 0 Å². The molecule has 9 heavy (non-hydrogen) atoms. The minimum atomic E-state index is -2.60. The second kappa shape index (κ2) is 11.6. The molecule has 1 radical (unpaired) electrons. The Hall–Kier alpha value is 0.859. The standard InChI is InChI=1S/2ClHO3.Cu/c2*2-1(3)4;/h2*2H;. The van der Waals surface area contributed by atoms with Crippen molar-refractivity contribution in [1.82, 2.24) is 0 Å². The third-order valence-electron chi connectivity index (χ3n) is 0. The number of hydrogen-bond acceptors (Lipinski definition) is 6. The van der Waals surface area contributed by atoms with Crippen LogP contribution in [0.3, 0.4) is 0 Å². The number of rotatable bonds is 0. The van der Waals surface area contributed by atoms with Crippen molar-refractivity contribution in [3.63, 3.8) is 0 Å². The van der Waals surface area contributed by atoms with E-state index in [1.54, 1.807) is 0 Å². The Morgan fingerprint density at radius 3 is 0.778 bits per heavy atom. The smallest absolute Gasteiger partial charge is 0.282 e. The van der Waals surface area contributed by atoms with Gasteiger partial charge in [-0.2, -0.15) is 0 Å². The van der Waals surface area contributed by atoms with Gasteiger partial charge in [-0.3, -0.25) is 0 Å². The van der Waals surface area contributed by atoms with E-state index in [1.165, 1.54) is 0 Å². The molecule has 0 heterocycles. The van der Waals surface area contributed by atoms with Crippen molar-refractivity contribution in [2.24, 2.45) is 0 Å². The van der Waals surface area contributed by atoms with Gasteiger partial charge in [0.25, 0.3) is 21.6 Å². The van der Waals surface area contributed by atoms with Gasteiger partial charge in [0.15, 0.2) is 0 Å². The van der Waals surface area contributed by atoms with Crippen molar-refractivity contribution >= 4 is 0 Å². The Morgan fingerprint density at radius 2 is 0.778 bits per heavy atom. The maximum absolute atomic E-state index is 8.52. The first-order valence-corrected chi connectivity index (χ1v) is 2.87. The summed E-state index contributed by atoms with van der Waals surface area (Å²) < 4.78 is 47.9. The predicted octanol–water partition coefficient (Wildman–Crippen LogP) is -5.87. The molecule has 0 spiro atoms. The van der Waals surface area contributed by atoms with Gasteiger partial charge in [0.1, 0.15) is 0 Å². The van der Waals surface area contributed by atoms with E-state index in [1.807, 2.05) is 0 Å². The monoisotopic (exact) mass is 231 g/mol. The van der Waals surface area contributed by atoms with Crippen molar-refractivity contribution in [3.8, 4) is 0 Å². The van der Waals surface area contributed by atoms with Crippen molar-refractivity contribution in [2.45, 2.75) is 0 Å². The molecule has 0 aliphatic heterocycles. The van der Waals surface area contributed by atoms with E-state index >= 15 is 0 Å². The normalized spacial score (nSPS) is 8.00. The molecular formula is H2Cl2CuO6. The van der Waals surface area contributed by atoms with Crippen LogP contribution >= 0.6 is 0 Å². The summed E-state index contributed by atoms with van der Waals surface area (Å²) in [5, 5.41) is 0. The zero-order valence-electron chi connectivity index (χ0n) is 3.58. The molecule has 6 nitrogen and oxygen atoms in total. The molecule has 63 valence electrons. The van der Waals surface area contributed by atoms with Crippen molar-refractivity contribution in [2.75, 3.05) is 0 Å². The maximum atomic E-state index is 8.52. The molecule has 0 saturated carbocycles. The first-order chi connectivity index (χ1) is 3.46. The van der Waals surface area contributed by atoms with Gasteiger partial charge in [-0.1, -0.05) is 0 Å². The van der Waals surface area contributed by atoms with Gasteiger partial charge < -0.3 is 18.6 Å². The van der Waals surface area contributed by atoms with Crippen LogP contribution in [0, 0.1) is 21.6 Å². The predicted molar refractivity (Wildman–Crippen MR) is 4.44 cm³/mol. The average Bonchev–Trinajstić information content (AvgIpc) is 1.25. The number of halogens is 2. The molecule has 9 heteroatoms. The first-order valence-electron chi connectivity index (χ1n) is 0.955. The summed E-state index contributed by atoms with van der Waals surface area (Å²) in [4.78, 5) is 0. The summed E-state index contributed by atoms with van der Waals surface area (Å²) in [5.41, 5.74) is 0. The molecule has 2 N–H and O–H groups in total. The topological polar surface area (TPSA) is 133 Å². The molecule has 0 aromatic rings. The average molecular weight is 232 g/mol. The molecular weight excluding hydrogens is 230 g/mol. The third kappa shape index (κ3) is 564. The molecule has 0 rings (SSSR count). The Kier molecular flexibility index (Phi) is 21.3. The summed E-state index contributed by atoms with van der Waals surface area (Å²) in [7, 11) is -5.20. The number of hydrogen-bond donors (Lipinski definition) is 2. The molecule has 0 bridgehead atoms. The van der Waals surface area contributed by atoms with E-state index < -0.39 is 21.6 Å². The fourth-order valence-corrected chi connectivity index (χ4v) is 0. The zero-order valence-corrected chi connectivity index (χ0v) is 6.04. The van der Waals surface area contributed by atoms with Crippen LogP contribution in [0.25, 0.3) is 0 Å². The molecule has 0 aliphatic carbocycles. The Labute approximate surface area is 67.0 Å². The molecule has 0 aromatic heterocycles. The van der Waals surface area contributed by atoms with Crippen LogP contribution in [0.2, 0.25) is 0 Å². The summed E-state index contributed by atoms with van der Waals surface area (Å²) in [5.74, 6) is 0. The molecule has 0 fully saturated rings. The van der Waals surface area contributed by atoms with Crippen LogP contribution in [-0.4, -0.2) is 9.32 Å². The van der Waals surface area contributed by atoms with Gasteiger partial charge in [-0.05, 0) is 0 Å². The van der Waals surface area contributed by atoms with Gasteiger partial charge in [0, 0.05) is 26.4 Å². The van der Waals surface area contributed by atoms with Gasteiger partial charge in [0.05, 0.1) is 0 Å². The molecule has 0 aliphatic rings. The van der Waals surface area contributed by atoms with Crippen LogP contribution in [-0.2, 0) is 17.1 Å². The van der Waals surface area contributed by atoms with Crippen LogP contribution in [0.5, 0.6) is 0 Å². The van der Waals surface area contributed by atoms with E-state index in [9.17, 15) is 0 Å². The summed E-state index contributed by atoms with van der Waals surface area (Å²) in [6.45, 7) is 0. The van der Waals surface area contributed by atoms with E-state index in [0.29, 0.717) is 0 Å². The Morgan fingerprint density at radius 1 is 0.778 bits per heavy atom. The van der Waals surface area contributed by atoms with Crippen molar-refractivity contribution in [3.05, 3.63) is 0 Å². The van der Waals surface area contributed by atoms with Crippen LogP contribution in [0.4, 0.5) is 0 Å². The molecule has 0 saturated heterocycles. The van der Waals surface area contributed by atoms with E-state index in [2.05, 4.69) is 0 Å². The third-order valence-corrected chi connectivity index (χ3v) is 0. The Bertz CT molecular complexity index is 26.5. The van der Waals surface area contributed by atoms with Gasteiger partial charge >= 0.3 is 0 Å². The van der Waals surface area contributed by atoms with Crippen molar-refractivity contribution in [1.29, 1.82) is 0 Å². The quantitative estimate of drug-likeness (QED) is 0.400. The largest absolute Gasteiger partial charge is 0.321 e. The van der Waals surface area contributed by atoms with Gasteiger partial charge in [-0.25, -0.2) is 0 Å². The van der Waals surface area contributed by atoms with Gasteiger partial charge in [-0.15, -0.1) is 0 Å². The minimum Gasteiger partial charge on any atom is -0.321 e. The SMILES string of the molecule is [Cu].[O-][Cl+2]([O-])O.[O-][Cl+2]([O-])O. The van der Waals surface area contributed by atoms with Crippen LogP contribution < -0.4 is 18.6 Å². The summed E-state index contributed by atoms with van der Waals surface area (Å²) in [6.07, 6.45) is 0. The van der Waals surface area contributed by atoms with Crippen LogP contribution in [0.1, 0.15) is 0 Å². The first kappa shape index (κ1) is 16.4. The fourth-order valence-electron chi connectivity index (χ4n) is 0. The summed E-state index contributed by atoms with van der Waals surface area (Å²) in [6, 6.07) is 0. The fraction of sp³-hybridized carbons (Fsp3) is 0.